The predicted octanol–water partition coefficient (Wildman–Crippen LogP) is 4.39. The van der Waals surface area contributed by atoms with Crippen LogP contribution in [0, 0.1) is 0 Å². The van der Waals surface area contributed by atoms with E-state index in [9.17, 15) is 0 Å². The van der Waals surface area contributed by atoms with Gasteiger partial charge in [0.1, 0.15) is 0 Å². The Balaban J connectivity index is 2.26. The predicted molar refractivity (Wildman–Crippen MR) is 62.3 cm³/mol. The van der Waals surface area contributed by atoms with Crippen LogP contribution in [0.2, 0.25) is 5.02 Å². The fourth-order valence-corrected chi connectivity index (χ4v) is 2.86. The van der Waals surface area contributed by atoms with Crippen LogP contribution in [0.25, 0.3) is 0 Å². The van der Waals surface area contributed by atoms with Gasteiger partial charge in [-0.25, -0.2) is 0 Å². The van der Waals surface area contributed by atoms with E-state index in [2.05, 4.69) is 19.1 Å². The Hall–Kier alpha value is -0.200. The minimum absolute atomic E-state index is 0.261. The zero-order valence-corrected chi connectivity index (χ0v) is 9.78. The van der Waals surface area contributed by atoms with E-state index in [0.29, 0.717) is 5.38 Å². The van der Waals surface area contributed by atoms with Crippen LogP contribution in [0.1, 0.15) is 31.7 Å². The summed E-state index contributed by atoms with van der Waals surface area (Å²) >= 11 is 12.0. The topological polar surface area (TPSA) is 0 Å². The van der Waals surface area contributed by atoms with Crippen molar-refractivity contribution in [3.8, 4) is 0 Å². The molecule has 0 bridgehead atoms. The van der Waals surface area contributed by atoms with Crippen molar-refractivity contribution < 1.29 is 0 Å². The molecule has 0 nitrogen and oxygen atoms in total. The zero-order chi connectivity index (χ0) is 10.2. The fourth-order valence-electron chi connectivity index (χ4n) is 2.28. The first kappa shape index (κ1) is 10.3. The highest BCUT2D eigenvalue weighted by Gasteiger charge is 2.35. The fraction of sp³-hybridized carbons (Fsp3) is 0.500. The molecular formula is C12H14Cl2. The lowest BCUT2D eigenvalue weighted by molar-refractivity contribution is 0.492. The Morgan fingerprint density at radius 1 is 1.29 bits per heavy atom. The number of halogens is 2. The Bertz CT molecular complexity index is 318. The lowest BCUT2D eigenvalue weighted by Crippen LogP contribution is -2.17. The van der Waals surface area contributed by atoms with E-state index in [1.165, 1.54) is 12.0 Å². The van der Waals surface area contributed by atoms with Crippen molar-refractivity contribution in [2.75, 3.05) is 0 Å². The normalized spacial score (nSPS) is 32.1. The quantitative estimate of drug-likeness (QED) is 0.626. The van der Waals surface area contributed by atoms with Crippen LogP contribution >= 0.6 is 23.2 Å². The van der Waals surface area contributed by atoms with Crippen LogP contribution in [-0.2, 0) is 5.41 Å². The second-order valence-corrected chi connectivity index (χ2v) is 5.46. The highest BCUT2D eigenvalue weighted by Crippen LogP contribution is 2.42. The number of hydrogen-bond donors (Lipinski definition) is 0. The average molecular weight is 229 g/mol. The maximum Gasteiger partial charge on any atom is 0.0406 e. The Kier molecular flexibility index (Phi) is 2.77. The second kappa shape index (κ2) is 3.75. The van der Waals surface area contributed by atoms with Gasteiger partial charge >= 0.3 is 0 Å². The van der Waals surface area contributed by atoms with E-state index >= 15 is 0 Å². The summed E-state index contributed by atoms with van der Waals surface area (Å²) in [5, 5.41) is 1.15. The summed E-state index contributed by atoms with van der Waals surface area (Å²) in [7, 11) is 0. The summed E-state index contributed by atoms with van der Waals surface area (Å²) in [5.41, 5.74) is 1.63. The van der Waals surface area contributed by atoms with Gasteiger partial charge in [0.05, 0.1) is 0 Å². The van der Waals surface area contributed by atoms with Gasteiger partial charge in [-0.05, 0) is 42.4 Å². The molecule has 0 radical (unpaired) electrons. The lowest BCUT2D eigenvalue weighted by atomic mass is 9.81. The first-order valence-electron chi connectivity index (χ1n) is 5.00. The molecule has 2 atom stereocenters. The van der Waals surface area contributed by atoms with Gasteiger partial charge < -0.3 is 0 Å². The van der Waals surface area contributed by atoms with Crippen LogP contribution in [0.15, 0.2) is 24.3 Å². The highest BCUT2D eigenvalue weighted by atomic mass is 35.5. The smallest absolute Gasteiger partial charge is 0.0406 e. The molecule has 1 saturated carbocycles. The van der Waals surface area contributed by atoms with Gasteiger partial charge in [0.25, 0.3) is 0 Å². The minimum atomic E-state index is 0.261. The first-order chi connectivity index (χ1) is 6.60. The molecule has 0 spiro atoms. The summed E-state index contributed by atoms with van der Waals surface area (Å²) in [4.78, 5) is 0. The van der Waals surface area contributed by atoms with Gasteiger partial charge in [-0.15, -0.1) is 11.6 Å². The monoisotopic (exact) mass is 228 g/mol. The molecule has 2 heteroatoms. The van der Waals surface area contributed by atoms with Gasteiger partial charge in [0, 0.05) is 10.4 Å². The van der Waals surface area contributed by atoms with Crippen molar-refractivity contribution in [3.05, 3.63) is 34.9 Å². The average Bonchev–Trinajstić information content (AvgIpc) is 2.48. The van der Waals surface area contributed by atoms with Crippen LogP contribution in [0.5, 0.6) is 0 Å². The van der Waals surface area contributed by atoms with E-state index in [1.807, 2.05) is 12.1 Å². The summed E-state index contributed by atoms with van der Waals surface area (Å²) in [5.74, 6) is 0. The maximum atomic E-state index is 6.15. The lowest BCUT2D eigenvalue weighted by Gasteiger charge is -2.24. The standard InChI is InChI=1S/C12H14Cl2/c1-12(7-6-11(14)8-12)9-2-4-10(13)5-3-9/h2-5,11H,6-8H2,1H3. The van der Waals surface area contributed by atoms with Crippen molar-refractivity contribution in [3.63, 3.8) is 0 Å². The number of rotatable bonds is 1. The highest BCUT2D eigenvalue weighted by molar-refractivity contribution is 6.30. The van der Waals surface area contributed by atoms with Crippen molar-refractivity contribution in [1.82, 2.24) is 0 Å². The second-order valence-electron chi connectivity index (χ2n) is 4.41. The third kappa shape index (κ3) is 1.92. The van der Waals surface area contributed by atoms with E-state index in [1.54, 1.807) is 0 Å². The molecule has 1 fully saturated rings. The zero-order valence-electron chi connectivity index (χ0n) is 8.26. The SMILES string of the molecule is CC1(c2ccc(Cl)cc2)CCC(Cl)C1. The molecule has 0 heterocycles. The largest absolute Gasteiger partial charge is 0.123 e. The van der Waals surface area contributed by atoms with Crippen LogP contribution in [-0.4, -0.2) is 5.38 Å². The van der Waals surface area contributed by atoms with E-state index in [-0.39, 0.29) is 5.41 Å². The molecule has 0 amide bonds. The molecule has 1 aliphatic rings. The molecular weight excluding hydrogens is 215 g/mol. The summed E-state index contributed by atoms with van der Waals surface area (Å²) in [6.07, 6.45) is 3.39. The van der Waals surface area contributed by atoms with Gasteiger partial charge in [0.15, 0.2) is 0 Å². The third-order valence-corrected chi connectivity index (χ3v) is 3.85. The summed E-state index contributed by atoms with van der Waals surface area (Å²) in [6.45, 7) is 2.29. The van der Waals surface area contributed by atoms with Crippen molar-refractivity contribution in [2.45, 2.75) is 37.0 Å². The number of hydrogen-bond acceptors (Lipinski definition) is 0. The van der Waals surface area contributed by atoms with Crippen molar-refractivity contribution in [1.29, 1.82) is 0 Å². The van der Waals surface area contributed by atoms with Gasteiger partial charge in [-0.1, -0.05) is 30.7 Å². The van der Waals surface area contributed by atoms with Gasteiger partial charge in [-0.3, -0.25) is 0 Å². The first-order valence-corrected chi connectivity index (χ1v) is 5.82. The maximum absolute atomic E-state index is 6.15. The van der Waals surface area contributed by atoms with E-state index in [4.69, 9.17) is 23.2 Å². The van der Waals surface area contributed by atoms with E-state index in [0.717, 1.165) is 17.9 Å². The molecule has 76 valence electrons. The molecule has 1 aromatic carbocycles. The molecule has 14 heavy (non-hydrogen) atoms. The number of alkyl halides is 1. The molecule has 0 N–H and O–H groups in total. The third-order valence-electron chi connectivity index (χ3n) is 3.22. The molecule has 1 aromatic rings. The van der Waals surface area contributed by atoms with Crippen molar-refractivity contribution in [2.24, 2.45) is 0 Å². The molecule has 2 unspecified atom stereocenters. The summed E-state index contributed by atoms with van der Waals surface area (Å²) < 4.78 is 0. The Labute approximate surface area is 95.2 Å². The number of benzene rings is 1. The van der Waals surface area contributed by atoms with Crippen LogP contribution < -0.4 is 0 Å². The molecule has 1 aliphatic carbocycles. The van der Waals surface area contributed by atoms with Gasteiger partial charge in [-0.2, -0.15) is 0 Å². The van der Waals surface area contributed by atoms with Crippen LogP contribution in [0.3, 0.4) is 0 Å². The Morgan fingerprint density at radius 3 is 2.43 bits per heavy atom. The van der Waals surface area contributed by atoms with Crippen LogP contribution in [0.4, 0.5) is 0 Å². The van der Waals surface area contributed by atoms with Crippen molar-refractivity contribution >= 4 is 23.2 Å². The molecule has 0 aliphatic heterocycles. The summed E-state index contributed by atoms with van der Waals surface area (Å²) in [6, 6.07) is 8.17. The Morgan fingerprint density at radius 2 is 1.93 bits per heavy atom. The van der Waals surface area contributed by atoms with Gasteiger partial charge in [0.2, 0.25) is 0 Å². The molecule has 0 aromatic heterocycles. The molecule has 0 saturated heterocycles. The molecule has 2 rings (SSSR count). The minimum Gasteiger partial charge on any atom is -0.123 e. The van der Waals surface area contributed by atoms with E-state index < -0.39 is 0 Å².